The molecule has 4 nitrogen and oxygen atoms in total. The van der Waals surface area contributed by atoms with Crippen LogP contribution in [0.3, 0.4) is 0 Å². The SMILES string of the molecule is CCOC(=O)CNC(C)Cc1ccc(OC)cc1. The Kier molecular flexibility index (Phi) is 6.22. The van der Waals surface area contributed by atoms with Crippen LogP contribution in [0, 0.1) is 0 Å². The van der Waals surface area contributed by atoms with Crippen LogP contribution >= 0.6 is 0 Å². The number of methoxy groups -OCH3 is 1. The molecule has 0 saturated carbocycles. The summed E-state index contributed by atoms with van der Waals surface area (Å²) in [5.74, 6) is 0.643. The van der Waals surface area contributed by atoms with Gasteiger partial charge in [-0.2, -0.15) is 0 Å². The van der Waals surface area contributed by atoms with E-state index in [0.717, 1.165) is 12.2 Å². The van der Waals surface area contributed by atoms with Crippen molar-refractivity contribution in [2.75, 3.05) is 20.3 Å². The third-order valence-electron chi connectivity index (χ3n) is 2.60. The van der Waals surface area contributed by atoms with Crippen molar-refractivity contribution < 1.29 is 14.3 Å². The summed E-state index contributed by atoms with van der Waals surface area (Å²) < 4.78 is 9.96. The van der Waals surface area contributed by atoms with Gasteiger partial charge in [0.05, 0.1) is 20.3 Å². The Morgan fingerprint density at radius 1 is 1.33 bits per heavy atom. The lowest BCUT2D eigenvalue weighted by atomic mass is 10.1. The van der Waals surface area contributed by atoms with Crippen molar-refractivity contribution in [3.8, 4) is 5.75 Å². The average Bonchev–Trinajstić information content (AvgIpc) is 2.38. The number of hydrogen-bond acceptors (Lipinski definition) is 4. The van der Waals surface area contributed by atoms with Crippen molar-refractivity contribution in [2.45, 2.75) is 26.3 Å². The number of rotatable bonds is 7. The number of hydrogen-bond donors (Lipinski definition) is 1. The minimum Gasteiger partial charge on any atom is -0.497 e. The van der Waals surface area contributed by atoms with Gasteiger partial charge in [0.25, 0.3) is 0 Å². The highest BCUT2D eigenvalue weighted by atomic mass is 16.5. The van der Waals surface area contributed by atoms with Crippen LogP contribution in [0.5, 0.6) is 5.75 Å². The van der Waals surface area contributed by atoms with E-state index < -0.39 is 0 Å². The second kappa shape index (κ2) is 7.71. The molecule has 0 bridgehead atoms. The summed E-state index contributed by atoms with van der Waals surface area (Å²) in [6.45, 7) is 4.53. The van der Waals surface area contributed by atoms with E-state index >= 15 is 0 Å². The summed E-state index contributed by atoms with van der Waals surface area (Å²) in [5, 5.41) is 3.14. The van der Waals surface area contributed by atoms with E-state index in [4.69, 9.17) is 9.47 Å². The fourth-order valence-corrected chi connectivity index (χ4v) is 1.66. The maximum atomic E-state index is 11.2. The van der Waals surface area contributed by atoms with Crippen LogP contribution in [0.4, 0.5) is 0 Å². The van der Waals surface area contributed by atoms with Crippen LogP contribution in [0.15, 0.2) is 24.3 Å². The maximum absolute atomic E-state index is 11.2. The van der Waals surface area contributed by atoms with Crippen molar-refractivity contribution in [3.63, 3.8) is 0 Å². The lowest BCUT2D eigenvalue weighted by Gasteiger charge is -2.13. The first-order valence-corrected chi connectivity index (χ1v) is 6.17. The smallest absolute Gasteiger partial charge is 0.319 e. The maximum Gasteiger partial charge on any atom is 0.319 e. The molecule has 0 fully saturated rings. The normalized spacial score (nSPS) is 11.9. The summed E-state index contributed by atoms with van der Waals surface area (Å²) in [5.41, 5.74) is 1.21. The van der Waals surface area contributed by atoms with Crippen LogP contribution < -0.4 is 10.1 Å². The zero-order valence-electron chi connectivity index (χ0n) is 11.2. The van der Waals surface area contributed by atoms with Crippen LogP contribution in [0.2, 0.25) is 0 Å². The Balaban J connectivity index is 2.34. The molecule has 1 aromatic carbocycles. The van der Waals surface area contributed by atoms with Gasteiger partial charge in [-0.15, -0.1) is 0 Å². The van der Waals surface area contributed by atoms with Gasteiger partial charge in [-0.05, 0) is 38.0 Å². The lowest BCUT2D eigenvalue weighted by molar-refractivity contribution is -0.142. The zero-order chi connectivity index (χ0) is 13.4. The summed E-state index contributed by atoms with van der Waals surface area (Å²) in [6.07, 6.45) is 0.864. The summed E-state index contributed by atoms with van der Waals surface area (Å²) >= 11 is 0. The Morgan fingerprint density at radius 2 is 2.00 bits per heavy atom. The molecule has 0 aromatic heterocycles. The summed E-state index contributed by atoms with van der Waals surface area (Å²) in [6, 6.07) is 8.16. The van der Waals surface area contributed by atoms with E-state index in [0.29, 0.717) is 6.61 Å². The fourth-order valence-electron chi connectivity index (χ4n) is 1.66. The van der Waals surface area contributed by atoms with Crippen LogP contribution in [-0.4, -0.2) is 32.3 Å². The molecule has 1 atom stereocenters. The molecule has 0 aliphatic carbocycles. The van der Waals surface area contributed by atoms with Gasteiger partial charge < -0.3 is 14.8 Å². The fraction of sp³-hybridized carbons (Fsp3) is 0.500. The van der Waals surface area contributed by atoms with Crippen LogP contribution in [-0.2, 0) is 16.0 Å². The van der Waals surface area contributed by atoms with Crippen LogP contribution in [0.1, 0.15) is 19.4 Å². The number of carbonyl (C=O) groups excluding carboxylic acids is 1. The number of esters is 1. The molecular formula is C14H21NO3. The molecule has 1 rings (SSSR count). The van der Waals surface area contributed by atoms with E-state index in [1.54, 1.807) is 14.0 Å². The minimum absolute atomic E-state index is 0.209. The van der Waals surface area contributed by atoms with E-state index in [9.17, 15) is 4.79 Å². The van der Waals surface area contributed by atoms with Crippen LogP contribution in [0.25, 0.3) is 0 Å². The van der Waals surface area contributed by atoms with Crippen molar-refractivity contribution in [1.82, 2.24) is 5.32 Å². The first-order valence-electron chi connectivity index (χ1n) is 6.17. The van der Waals surface area contributed by atoms with Crippen molar-refractivity contribution in [3.05, 3.63) is 29.8 Å². The zero-order valence-corrected chi connectivity index (χ0v) is 11.2. The van der Waals surface area contributed by atoms with Crippen molar-refractivity contribution in [1.29, 1.82) is 0 Å². The van der Waals surface area contributed by atoms with Gasteiger partial charge >= 0.3 is 5.97 Å². The van der Waals surface area contributed by atoms with Gasteiger partial charge in [-0.25, -0.2) is 0 Å². The predicted octanol–water partition coefficient (Wildman–Crippen LogP) is 1.78. The molecule has 0 heterocycles. The third kappa shape index (κ3) is 5.19. The molecule has 100 valence electrons. The number of ether oxygens (including phenoxy) is 2. The molecule has 18 heavy (non-hydrogen) atoms. The first-order chi connectivity index (χ1) is 8.65. The number of nitrogens with one attached hydrogen (secondary N) is 1. The third-order valence-corrected chi connectivity index (χ3v) is 2.60. The largest absolute Gasteiger partial charge is 0.497 e. The molecule has 0 amide bonds. The first kappa shape index (κ1) is 14.5. The highest BCUT2D eigenvalue weighted by Gasteiger charge is 2.06. The molecule has 1 aromatic rings. The average molecular weight is 251 g/mol. The molecule has 0 aliphatic rings. The van der Waals surface area contributed by atoms with E-state index in [2.05, 4.69) is 5.32 Å². The van der Waals surface area contributed by atoms with Gasteiger partial charge in [0.1, 0.15) is 5.75 Å². The molecular weight excluding hydrogens is 230 g/mol. The quantitative estimate of drug-likeness (QED) is 0.750. The Labute approximate surface area is 108 Å². The summed E-state index contributed by atoms with van der Waals surface area (Å²) in [7, 11) is 1.65. The molecule has 0 spiro atoms. The van der Waals surface area contributed by atoms with E-state index in [1.165, 1.54) is 5.56 Å². The highest BCUT2D eigenvalue weighted by molar-refractivity contribution is 5.71. The highest BCUT2D eigenvalue weighted by Crippen LogP contribution is 2.12. The van der Waals surface area contributed by atoms with Gasteiger partial charge in [-0.3, -0.25) is 4.79 Å². The molecule has 4 heteroatoms. The summed E-state index contributed by atoms with van der Waals surface area (Å²) in [4.78, 5) is 11.2. The monoisotopic (exact) mass is 251 g/mol. The van der Waals surface area contributed by atoms with Gasteiger partial charge in [-0.1, -0.05) is 12.1 Å². The van der Waals surface area contributed by atoms with Gasteiger partial charge in [0, 0.05) is 6.04 Å². The molecule has 0 saturated heterocycles. The Bertz CT molecular complexity index is 362. The van der Waals surface area contributed by atoms with E-state index in [1.807, 2.05) is 31.2 Å². The molecule has 0 aliphatic heterocycles. The molecule has 0 radical (unpaired) electrons. The lowest BCUT2D eigenvalue weighted by Crippen LogP contribution is -2.33. The second-order valence-corrected chi connectivity index (χ2v) is 4.14. The molecule has 1 N–H and O–H groups in total. The van der Waals surface area contributed by atoms with Gasteiger partial charge in [0.2, 0.25) is 0 Å². The Morgan fingerprint density at radius 3 is 2.56 bits per heavy atom. The standard InChI is InChI=1S/C14H21NO3/c1-4-18-14(16)10-15-11(2)9-12-5-7-13(17-3)8-6-12/h5-8,11,15H,4,9-10H2,1-3H3. The second-order valence-electron chi connectivity index (χ2n) is 4.14. The topological polar surface area (TPSA) is 47.6 Å². The minimum atomic E-state index is -0.209. The van der Waals surface area contributed by atoms with Gasteiger partial charge in [0.15, 0.2) is 0 Å². The molecule has 1 unspecified atom stereocenters. The predicted molar refractivity (Wildman–Crippen MR) is 70.8 cm³/mol. The number of benzene rings is 1. The van der Waals surface area contributed by atoms with Crippen molar-refractivity contribution >= 4 is 5.97 Å². The Hall–Kier alpha value is -1.55. The van der Waals surface area contributed by atoms with E-state index in [-0.39, 0.29) is 18.6 Å². The number of carbonyl (C=O) groups is 1. The van der Waals surface area contributed by atoms with Crippen molar-refractivity contribution in [2.24, 2.45) is 0 Å².